The Hall–Kier alpha value is -1.14. The number of rotatable bonds is 6. The SMILES string of the molecule is COCc1cccc(CNC(=O)C(N)C2CCOCC2)c1.Cl. The number of nitrogens with two attached hydrogens (primary N) is 1. The number of amides is 1. The van der Waals surface area contributed by atoms with E-state index in [-0.39, 0.29) is 24.2 Å². The van der Waals surface area contributed by atoms with Crippen LogP contribution in [0.3, 0.4) is 0 Å². The van der Waals surface area contributed by atoms with Gasteiger partial charge in [-0.3, -0.25) is 4.79 Å². The monoisotopic (exact) mass is 328 g/mol. The van der Waals surface area contributed by atoms with Gasteiger partial charge in [-0.05, 0) is 29.9 Å². The molecule has 2 rings (SSSR count). The molecule has 124 valence electrons. The summed E-state index contributed by atoms with van der Waals surface area (Å²) in [5.74, 6) is 0.137. The summed E-state index contributed by atoms with van der Waals surface area (Å²) in [5.41, 5.74) is 8.19. The maximum atomic E-state index is 12.1. The van der Waals surface area contributed by atoms with E-state index in [2.05, 4.69) is 5.32 Å². The molecule has 0 radical (unpaired) electrons. The minimum absolute atomic E-state index is 0. The van der Waals surface area contributed by atoms with Crippen LogP contribution >= 0.6 is 12.4 Å². The maximum Gasteiger partial charge on any atom is 0.237 e. The van der Waals surface area contributed by atoms with Crippen LogP contribution in [0.4, 0.5) is 0 Å². The van der Waals surface area contributed by atoms with Gasteiger partial charge in [0.05, 0.1) is 12.6 Å². The van der Waals surface area contributed by atoms with Gasteiger partial charge in [-0.15, -0.1) is 12.4 Å². The van der Waals surface area contributed by atoms with E-state index < -0.39 is 6.04 Å². The van der Waals surface area contributed by atoms with Crippen LogP contribution in [0.2, 0.25) is 0 Å². The minimum atomic E-state index is -0.448. The van der Waals surface area contributed by atoms with Crippen LogP contribution in [0.25, 0.3) is 0 Å². The first-order valence-corrected chi connectivity index (χ1v) is 7.38. The van der Waals surface area contributed by atoms with Gasteiger partial charge in [0.25, 0.3) is 0 Å². The van der Waals surface area contributed by atoms with E-state index in [1.807, 2.05) is 24.3 Å². The number of benzene rings is 1. The highest BCUT2D eigenvalue weighted by atomic mass is 35.5. The van der Waals surface area contributed by atoms with Crippen molar-refractivity contribution in [3.05, 3.63) is 35.4 Å². The van der Waals surface area contributed by atoms with E-state index in [0.29, 0.717) is 26.4 Å². The highest BCUT2D eigenvalue weighted by Crippen LogP contribution is 2.17. The van der Waals surface area contributed by atoms with Crippen LogP contribution in [-0.2, 0) is 27.4 Å². The Bertz CT molecular complexity index is 464. The Morgan fingerprint density at radius 2 is 2.09 bits per heavy atom. The summed E-state index contributed by atoms with van der Waals surface area (Å²) in [7, 11) is 1.67. The number of carbonyl (C=O) groups excluding carboxylic acids is 1. The van der Waals surface area contributed by atoms with E-state index in [4.69, 9.17) is 15.2 Å². The van der Waals surface area contributed by atoms with E-state index in [1.54, 1.807) is 7.11 Å². The first kappa shape index (κ1) is 18.9. The van der Waals surface area contributed by atoms with Crippen LogP contribution in [0.1, 0.15) is 24.0 Å². The van der Waals surface area contributed by atoms with Crippen molar-refractivity contribution < 1.29 is 14.3 Å². The second kappa shape index (κ2) is 9.79. The zero-order chi connectivity index (χ0) is 15.1. The van der Waals surface area contributed by atoms with Gasteiger partial charge in [-0.1, -0.05) is 24.3 Å². The molecule has 3 N–H and O–H groups in total. The minimum Gasteiger partial charge on any atom is -0.381 e. The van der Waals surface area contributed by atoms with Crippen molar-refractivity contribution in [2.45, 2.75) is 32.0 Å². The van der Waals surface area contributed by atoms with Crippen LogP contribution in [0.15, 0.2) is 24.3 Å². The molecule has 1 aliphatic rings. The summed E-state index contributed by atoms with van der Waals surface area (Å²) in [6.07, 6.45) is 1.72. The second-order valence-corrected chi connectivity index (χ2v) is 5.45. The summed E-state index contributed by atoms with van der Waals surface area (Å²) < 4.78 is 10.4. The topological polar surface area (TPSA) is 73.6 Å². The fraction of sp³-hybridized carbons (Fsp3) is 0.562. The molecule has 1 unspecified atom stereocenters. The van der Waals surface area contributed by atoms with Crippen molar-refractivity contribution in [3.63, 3.8) is 0 Å². The zero-order valence-corrected chi connectivity index (χ0v) is 13.7. The predicted molar refractivity (Wildman–Crippen MR) is 87.8 cm³/mol. The Kier molecular flexibility index (Phi) is 8.42. The number of nitrogens with one attached hydrogen (secondary N) is 1. The van der Waals surface area contributed by atoms with Crippen molar-refractivity contribution in [2.75, 3.05) is 20.3 Å². The predicted octanol–water partition coefficient (Wildman–Crippen LogP) is 1.62. The Labute approximate surface area is 138 Å². The molecule has 0 saturated carbocycles. The van der Waals surface area contributed by atoms with Gasteiger partial charge in [0, 0.05) is 26.9 Å². The molecule has 22 heavy (non-hydrogen) atoms. The maximum absolute atomic E-state index is 12.1. The molecule has 1 heterocycles. The van der Waals surface area contributed by atoms with Gasteiger partial charge in [-0.25, -0.2) is 0 Å². The molecule has 1 atom stereocenters. The summed E-state index contributed by atoms with van der Waals surface area (Å²) >= 11 is 0. The molecule has 1 amide bonds. The van der Waals surface area contributed by atoms with Gasteiger partial charge < -0.3 is 20.5 Å². The Morgan fingerprint density at radius 1 is 1.41 bits per heavy atom. The lowest BCUT2D eigenvalue weighted by atomic mass is 9.92. The number of hydrogen-bond donors (Lipinski definition) is 2. The van der Waals surface area contributed by atoms with Crippen LogP contribution in [0.5, 0.6) is 0 Å². The van der Waals surface area contributed by atoms with Crippen molar-refractivity contribution in [1.82, 2.24) is 5.32 Å². The lowest BCUT2D eigenvalue weighted by Crippen LogP contribution is -2.46. The lowest BCUT2D eigenvalue weighted by Gasteiger charge is -2.26. The first-order valence-electron chi connectivity index (χ1n) is 7.38. The molecular formula is C16H25ClN2O3. The summed E-state index contributed by atoms with van der Waals surface area (Å²) in [6.45, 7) is 2.46. The standard InChI is InChI=1S/C16H24N2O3.ClH/c1-20-11-13-4-2-3-12(9-13)10-18-16(19)15(17)14-5-7-21-8-6-14;/h2-4,9,14-15H,5-8,10-11,17H2,1H3,(H,18,19);1H. The molecule has 5 nitrogen and oxygen atoms in total. The Morgan fingerprint density at radius 3 is 2.77 bits per heavy atom. The van der Waals surface area contributed by atoms with E-state index >= 15 is 0 Å². The zero-order valence-electron chi connectivity index (χ0n) is 12.9. The van der Waals surface area contributed by atoms with Crippen LogP contribution in [-0.4, -0.2) is 32.3 Å². The Balaban J connectivity index is 0.00000242. The average molecular weight is 329 g/mol. The third-order valence-corrected chi connectivity index (χ3v) is 3.85. The van der Waals surface area contributed by atoms with Gasteiger partial charge in [-0.2, -0.15) is 0 Å². The summed E-state index contributed by atoms with van der Waals surface area (Å²) in [6, 6.07) is 7.54. The van der Waals surface area contributed by atoms with Gasteiger partial charge >= 0.3 is 0 Å². The number of methoxy groups -OCH3 is 1. The second-order valence-electron chi connectivity index (χ2n) is 5.45. The van der Waals surface area contributed by atoms with Gasteiger partial charge in [0.2, 0.25) is 5.91 Å². The van der Waals surface area contributed by atoms with Gasteiger partial charge in [0.1, 0.15) is 0 Å². The average Bonchev–Trinajstić information content (AvgIpc) is 2.53. The fourth-order valence-corrected chi connectivity index (χ4v) is 2.59. The number of ether oxygens (including phenoxy) is 2. The molecule has 1 saturated heterocycles. The largest absolute Gasteiger partial charge is 0.381 e. The number of hydrogen-bond acceptors (Lipinski definition) is 4. The normalized spacial score (nSPS) is 16.6. The molecule has 1 aromatic rings. The molecule has 0 aromatic heterocycles. The highest BCUT2D eigenvalue weighted by molar-refractivity contribution is 5.85. The molecular weight excluding hydrogens is 304 g/mol. The molecule has 6 heteroatoms. The summed E-state index contributed by atoms with van der Waals surface area (Å²) in [4.78, 5) is 12.1. The first-order chi connectivity index (χ1) is 10.2. The van der Waals surface area contributed by atoms with Crippen LogP contribution in [0, 0.1) is 5.92 Å². The quantitative estimate of drug-likeness (QED) is 0.832. The van der Waals surface area contributed by atoms with Gasteiger partial charge in [0.15, 0.2) is 0 Å². The van der Waals surface area contributed by atoms with E-state index in [9.17, 15) is 4.79 Å². The molecule has 0 aliphatic carbocycles. The molecule has 0 bridgehead atoms. The van der Waals surface area contributed by atoms with E-state index in [1.165, 1.54) is 0 Å². The third-order valence-electron chi connectivity index (χ3n) is 3.85. The van der Waals surface area contributed by atoms with Crippen molar-refractivity contribution in [3.8, 4) is 0 Å². The molecule has 1 aliphatic heterocycles. The number of carbonyl (C=O) groups is 1. The molecule has 1 aromatic carbocycles. The van der Waals surface area contributed by atoms with Crippen molar-refractivity contribution in [2.24, 2.45) is 11.7 Å². The summed E-state index contributed by atoms with van der Waals surface area (Å²) in [5, 5.41) is 2.92. The van der Waals surface area contributed by atoms with Crippen molar-refractivity contribution in [1.29, 1.82) is 0 Å². The smallest absolute Gasteiger partial charge is 0.237 e. The van der Waals surface area contributed by atoms with Crippen molar-refractivity contribution >= 4 is 18.3 Å². The highest BCUT2D eigenvalue weighted by Gasteiger charge is 2.26. The molecule has 0 spiro atoms. The number of halogens is 1. The molecule has 1 fully saturated rings. The third kappa shape index (κ3) is 5.57. The lowest BCUT2D eigenvalue weighted by molar-refractivity contribution is -0.124. The fourth-order valence-electron chi connectivity index (χ4n) is 2.59. The van der Waals surface area contributed by atoms with E-state index in [0.717, 1.165) is 24.0 Å². The van der Waals surface area contributed by atoms with Crippen LogP contribution < -0.4 is 11.1 Å².